The molecule has 0 aliphatic rings. The summed E-state index contributed by atoms with van der Waals surface area (Å²) >= 11 is 1.02. The Hall–Kier alpha value is -3.27. The summed E-state index contributed by atoms with van der Waals surface area (Å²) in [4.78, 5) is 21.9. The van der Waals surface area contributed by atoms with Crippen molar-refractivity contribution < 1.29 is 18.5 Å². The Bertz CT molecular complexity index is 1010. The second kappa shape index (κ2) is 7.96. The second-order valence-corrected chi connectivity index (χ2v) is 6.43. The third-order valence-electron chi connectivity index (χ3n) is 3.42. The molecule has 3 aromatic rings. The van der Waals surface area contributed by atoms with Gasteiger partial charge in [-0.2, -0.15) is 4.39 Å². The fraction of sp³-hybridized carbons (Fsp3) is 0.118. The van der Waals surface area contributed by atoms with Gasteiger partial charge in [0.1, 0.15) is 0 Å². The van der Waals surface area contributed by atoms with Crippen LogP contribution in [0.4, 0.5) is 15.8 Å². The number of hydrogen-bond donors (Lipinski definition) is 1. The van der Waals surface area contributed by atoms with Gasteiger partial charge < -0.3 is 9.73 Å². The standard InChI is InChI=1S/C17H13FN4O4S/c1-10-3-2-4-11(7-10)16-20-21-17(26-16)27-9-15(23)19-12-5-6-13(18)14(8-12)22(24)25/h2-8H,9H2,1H3,(H,19,23). The van der Waals surface area contributed by atoms with E-state index in [1.54, 1.807) is 0 Å². The van der Waals surface area contributed by atoms with Crippen LogP contribution in [0.1, 0.15) is 5.56 Å². The summed E-state index contributed by atoms with van der Waals surface area (Å²) in [5.74, 6) is -1.13. The Kier molecular flexibility index (Phi) is 5.46. The average molecular weight is 388 g/mol. The van der Waals surface area contributed by atoms with Crippen LogP contribution in [0.5, 0.6) is 0 Å². The number of benzene rings is 2. The molecule has 0 aliphatic heterocycles. The zero-order valence-electron chi connectivity index (χ0n) is 14.0. The molecule has 0 saturated carbocycles. The van der Waals surface area contributed by atoms with Crippen LogP contribution >= 0.6 is 11.8 Å². The molecule has 3 rings (SSSR count). The Morgan fingerprint density at radius 2 is 2.11 bits per heavy atom. The van der Waals surface area contributed by atoms with Crippen LogP contribution in [0, 0.1) is 22.9 Å². The molecule has 1 amide bonds. The molecule has 0 bridgehead atoms. The predicted molar refractivity (Wildman–Crippen MR) is 96.9 cm³/mol. The van der Waals surface area contributed by atoms with Crippen LogP contribution in [0.25, 0.3) is 11.5 Å². The van der Waals surface area contributed by atoms with E-state index in [-0.39, 0.29) is 16.7 Å². The van der Waals surface area contributed by atoms with Crippen LogP contribution in [0.2, 0.25) is 0 Å². The van der Waals surface area contributed by atoms with Gasteiger partial charge in [-0.3, -0.25) is 14.9 Å². The Balaban J connectivity index is 1.60. The summed E-state index contributed by atoms with van der Waals surface area (Å²) in [5.41, 5.74) is 1.24. The molecule has 0 spiro atoms. The maximum atomic E-state index is 13.3. The van der Waals surface area contributed by atoms with Gasteiger partial charge in [0.15, 0.2) is 0 Å². The van der Waals surface area contributed by atoms with E-state index in [4.69, 9.17) is 4.42 Å². The number of nitrogens with zero attached hydrogens (tertiary/aromatic N) is 3. The number of nitro groups is 1. The summed E-state index contributed by atoms with van der Waals surface area (Å²) in [7, 11) is 0. The summed E-state index contributed by atoms with van der Waals surface area (Å²) in [6.45, 7) is 1.94. The van der Waals surface area contributed by atoms with Crippen molar-refractivity contribution in [3.63, 3.8) is 0 Å². The lowest BCUT2D eigenvalue weighted by molar-refractivity contribution is -0.387. The molecule has 1 aromatic heterocycles. The first-order chi connectivity index (χ1) is 12.9. The van der Waals surface area contributed by atoms with E-state index in [1.807, 2.05) is 31.2 Å². The highest BCUT2D eigenvalue weighted by molar-refractivity contribution is 7.99. The number of hydrogen-bond acceptors (Lipinski definition) is 7. The van der Waals surface area contributed by atoms with E-state index >= 15 is 0 Å². The zero-order chi connectivity index (χ0) is 19.4. The SMILES string of the molecule is Cc1cccc(-c2nnc(SCC(=O)Nc3ccc(F)c([N+](=O)[O-])c3)o2)c1. The lowest BCUT2D eigenvalue weighted by Gasteiger charge is -2.04. The van der Waals surface area contributed by atoms with E-state index < -0.39 is 22.3 Å². The van der Waals surface area contributed by atoms with Gasteiger partial charge in [-0.1, -0.05) is 29.5 Å². The number of aryl methyl sites for hydroxylation is 1. The number of thioether (sulfide) groups is 1. The first-order valence-electron chi connectivity index (χ1n) is 7.69. The van der Waals surface area contributed by atoms with Crippen molar-refractivity contribution in [1.82, 2.24) is 10.2 Å². The quantitative estimate of drug-likeness (QED) is 0.388. The van der Waals surface area contributed by atoms with E-state index in [1.165, 1.54) is 6.07 Å². The van der Waals surface area contributed by atoms with Crippen LogP contribution in [-0.4, -0.2) is 26.8 Å². The second-order valence-electron chi connectivity index (χ2n) is 5.50. The molecule has 0 fully saturated rings. The van der Waals surface area contributed by atoms with Crippen LogP contribution in [0.3, 0.4) is 0 Å². The minimum atomic E-state index is -0.970. The molecule has 2 aromatic carbocycles. The Morgan fingerprint density at radius 1 is 1.30 bits per heavy atom. The van der Waals surface area contributed by atoms with Crippen molar-refractivity contribution in [2.75, 3.05) is 11.1 Å². The van der Waals surface area contributed by atoms with E-state index in [0.717, 1.165) is 35.0 Å². The summed E-state index contributed by atoms with van der Waals surface area (Å²) in [5, 5.41) is 21.2. The first-order valence-corrected chi connectivity index (χ1v) is 8.68. The van der Waals surface area contributed by atoms with Gasteiger partial charge in [0.05, 0.1) is 10.7 Å². The fourth-order valence-electron chi connectivity index (χ4n) is 2.22. The van der Waals surface area contributed by atoms with E-state index in [0.29, 0.717) is 5.89 Å². The number of halogens is 1. The number of amides is 1. The summed E-state index contributed by atoms with van der Waals surface area (Å²) < 4.78 is 18.8. The molecule has 10 heteroatoms. The summed E-state index contributed by atoms with van der Waals surface area (Å²) in [6.07, 6.45) is 0. The number of rotatable bonds is 6. The van der Waals surface area contributed by atoms with Gasteiger partial charge in [0, 0.05) is 17.3 Å². The van der Waals surface area contributed by atoms with Gasteiger partial charge in [0.25, 0.3) is 5.22 Å². The van der Waals surface area contributed by atoms with Gasteiger partial charge in [0.2, 0.25) is 17.6 Å². The highest BCUT2D eigenvalue weighted by Gasteiger charge is 2.16. The smallest absolute Gasteiger partial charge is 0.306 e. The molecular weight excluding hydrogens is 375 g/mol. The number of carbonyl (C=O) groups is 1. The molecular formula is C17H13FN4O4S. The molecule has 8 nitrogen and oxygen atoms in total. The zero-order valence-corrected chi connectivity index (χ0v) is 14.8. The van der Waals surface area contributed by atoms with E-state index in [2.05, 4.69) is 15.5 Å². The molecule has 0 saturated heterocycles. The van der Waals surface area contributed by atoms with Crippen LogP contribution < -0.4 is 5.32 Å². The van der Waals surface area contributed by atoms with Crippen molar-refractivity contribution in [1.29, 1.82) is 0 Å². The maximum absolute atomic E-state index is 13.3. The third kappa shape index (κ3) is 4.67. The molecule has 27 heavy (non-hydrogen) atoms. The number of carbonyl (C=O) groups excluding carboxylic acids is 1. The molecule has 0 aliphatic carbocycles. The minimum Gasteiger partial charge on any atom is -0.411 e. The molecule has 0 unspecified atom stereocenters. The van der Waals surface area contributed by atoms with Crippen molar-refractivity contribution in [3.8, 4) is 11.5 Å². The first kappa shape index (κ1) is 18.5. The Morgan fingerprint density at radius 3 is 2.85 bits per heavy atom. The molecule has 0 atom stereocenters. The van der Waals surface area contributed by atoms with Crippen molar-refractivity contribution in [2.45, 2.75) is 12.1 Å². The van der Waals surface area contributed by atoms with Crippen LogP contribution in [0.15, 0.2) is 52.1 Å². The lowest BCUT2D eigenvalue weighted by atomic mass is 10.1. The lowest BCUT2D eigenvalue weighted by Crippen LogP contribution is -2.14. The molecule has 1 N–H and O–H groups in total. The monoisotopic (exact) mass is 388 g/mol. The van der Waals surface area contributed by atoms with Crippen molar-refractivity contribution >= 4 is 29.0 Å². The Labute approximate surface area is 156 Å². The number of nitro benzene ring substituents is 1. The minimum absolute atomic E-state index is 0.0549. The fourth-order valence-corrected chi connectivity index (χ4v) is 2.78. The highest BCUT2D eigenvalue weighted by atomic mass is 32.2. The third-order valence-corrected chi connectivity index (χ3v) is 4.24. The largest absolute Gasteiger partial charge is 0.411 e. The van der Waals surface area contributed by atoms with E-state index in [9.17, 15) is 19.3 Å². The van der Waals surface area contributed by atoms with Crippen LogP contribution in [-0.2, 0) is 4.79 Å². The molecule has 138 valence electrons. The van der Waals surface area contributed by atoms with Crippen molar-refractivity contribution in [3.05, 3.63) is 64.0 Å². The predicted octanol–water partition coefficient (Wildman–Crippen LogP) is 3.82. The highest BCUT2D eigenvalue weighted by Crippen LogP contribution is 2.25. The average Bonchev–Trinajstić information content (AvgIpc) is 3.10. The van der Waals surface area contributed by atoms with Gasteiger partial charge >= 0.3 is 5.69 Å². The molecule has 0 radical (unpaired) electrons. The van der Waals surface area contributed by atoms with Crippen molar-refractivity contribution in [2.24, 2.45) is 0 Å². The maximum Gasteiger partial charge on any atom is 0.306 e. The van der Waals surface area contributed by atoms with Gasteiger partial charge in [-0.15, -0.1) is 10.2 Å². The normalized spacial score (nSPS) is 10.6. The van der Waals surface area contributed by atoms with Gasteiger partial charge in [-0.25, -0.2) is 0 Å². The number of aromatic nitrogens is 2. The number of anilines is 1. The van der Waals surface area contributed by atoms with Gasteiger partial charge in [-0.05, 0) is 31.2 Å². The summed E-state index contributed by atoms with van der Waals surface area (Å²) in [6, 6.07) is 10.7. The number of nitrogens with one attached hydrogen (secondary N) is 1. The molecule has 1 heterocycles. The topological polar surface area (TPSA) is 111 Å².